The van der Waals surface area contributed by atoms with E-state index < -0.39 is 6.17 Å². The van der Waals surface area contributed by atoms with Crippen molar-refractivity contribution in [3.8, 4) is 0 Å². The SMILES string of the molecule is Cc1cnn(CC(=O)N2C[C@@H](F)C[C@H]2Cn2cc(C(=O)NC(C)C)nn2)c1. The number of nitrogens with one attached hydrogen (secondary N) is 1. The zero-order valence-corrected chi connectivity index (χ0v) is 15.7. The number of alkyl halides is 1. The Hall–Kier alpha value is -2.78. The van der Waals surface area contributed by atoms with Gasteiger partial charge in [-0.25, -0.2) is 9.07 Å². The fourth-order valence-corrected chi connectivity index (χ4v) is 3.16. The fourth-order valence-electron chi connectivity index (χ4n) is 3.16. The Balaban J connectivity index is 1.65. The number of rotatable bonds is 6. The molecule has 0 aromatic carbocycles. The van der Waals surface area contributed by atoms with Gasteiger partial charge in [0.1, 0.15) is 12.7 Å². The molecule has 3 rings (SSSR count). The van der Waals surface area contributed by atoms with Crippen LogP contribution in [0.1, 0.15) is 36.3 Å². The predicted molar refractivity (Wildman–Crippen MR) is 94.6 cm³/mol. The number of hydrogen-bond acceptors (Lipinski definition) is 5. The van der Waals surface area contributed by atoms with Crippen LogP contribution >= 0.6 is 0 Å². The molecule has 1 saturated heterocycles. The van der Waals surface area contributed by atoms with Crippen LogP contribution in [0.15, 0.2) is 18.6 Å². The Labute approximate surface area is 156 Å². The molecule has 2 atom stereocenters. The van der Waals surface area contributed by atoms with Crippen LogP contribution < -0.4 is 5.32 Å². The fraction of sp³-hybridized carbons (Fsp3) is 0.588. The minimum absolute atomic E-state index is 0.0103. The summed E-state index contributed by atoms with van der Waals surface area (Å²) in [6.07, 6.45) is 4.12. The summed E-state index contributed by atoms with van der Waals surface area (Å²) in [5, 5.41) is 14.6. The molecule has 0 aliphatic carbocycles. The van der Waals surface area contributed by atoms with Gasteiger partial charge in [0.15, 0.2) is 5.69 Å². The number of nitrogens with zero attached hydrogens (tertiary/aromatic N) is 6. The van der Waals surface area contributed by atoms with E-state index in [2.05, 4.69) is 20.7 Å². The lowest BCUT2D eigenvalue weighted by Crippen LogP contribution is -2.40. The summed E-state index contributed by atoms with van der Waals surface area (Å²) in [5.41, 5.74) is 1.15. The standard InChI is InChI=1S/C17H24FN7O2/c1-11(2)20-17(27)15-9-24(22-21-15)8-14-4-13(18)7-25(14)16(26)10-23-6-12(3)5-19-23/h5-6,9,11,13-14H,4,7-8,10H2,1-3H3,(H,20,27)/t13-,14-/m0/s1. The molecule has 146 valence electrons. The first-order valence-corrected chi connectivity index (χ1v) is 8.95. The Bertz CT molecular complexity index is 816. The molecule has 1 aliphatic heterocycles. The third-order valence-corrected chi connectivity index (χ3v) is 4.33. The largest absolute Gasteiger partial charge is 0.348 e. The molecular weight excluding hydrogens is 353 g/mol. The summed E-state index contributed by atoms with van der Waals surface area (Å²) in [7, 11) is 0. The number of carbonyl (C=O) groups is 2. The molecule has 2 amide bonds. The minimum Gasteiger partial charge on any atom is -0.348 e. The van der Waals surface area contributed by atoms with Crippen molar-refractivity contribution in [2.45, 2.75) is 58.5 Å². The van der Waals surface area contributed by atoms with E-state index in [0.29, 0.717) is 0 Å². The average Bonchev–Trinajstić information content (AvgIpc) is 3.28. The van der Waals surface area contributed by atoms with E-state index in [4.69, 9.17) is 0 Å². The van der Waals surface area contributed by atoms with Gasteiger partial charge in [-0.2, -0.15) is 5.10 Å². The summed E-state index contributed by atoms with van der Waals surface area (Å²) in [5.74, 6) is -0.505. The number of amides is 2. The molecule has 0 radical (unpaired) electrons. The molecule has 0 spiro atoms. The molecule has 3 heterocycles. The third-order valence-electron chi connectivity index (χ3n) is 4.33. The van der Waals surface area contributed by atoms with Gasteiger partial charge in [0, 0.05) is 18.7 Å². The van der Waals surface area contributed by atoms with Crippen molar-refractivity contribution in [3.63, 3.8) is 0 Å². The van der Waals surface area contributed by atoms with Crippen molar-refractivity contribution in [3.05, 3.63) is 29.8 Å². The van der Waals surface area contributed by atoms with Crippen molar-refractivity contribution in [1.82, 2.24) is 35.0 Å². The molecule has 9 nitrogen and oxygen atoms in total. The van der Waals surface area contributed by atoms with Gasteiger partial charge in [-0.05, 0) is 26.3 Å². The molecule has 2 aromatic rings. The Morgan fingerprint density at radius 2 is 2.11 bits per heavy atom. The number of carbonyl (C=O) groups excluding carboxylic acids is 2. The van der Waals surface area contributed by atoms with Crippen LogP contribution in [0.4, 0.5) is 4.39 Å². The second-order valence-electron chi connectivity index (χ2n) is 7.20. The van der Waals surface area contributed by atoms with E-state index in [1.165, 1.54) is 15.8 Å². The maximum absolute atomic E-state index is 14.0. The highest BCUT2D eigenvalue weighted by atomic mass is 19.1. The van der Waals surface area contributed by atoms with Gasteiger partial charge in [0.2, 0.25) is 5.91 Å². The first-order chi connectivity index (χ1) is 12.8. The number of aromatic nitrogens is 5. The van der Waals surface area contributed by atoms with Crippen molar-refractivity contribution < 1.29 is 14.0 Å². The molecule has 1 N–H and O–H groups in total. The van der Waals surface area contributed by atoms with Crippen LogP contribution in [0.5, 0.6) is 0 Å². The third kappa shape index (κ3) is 4.69. The monoisotopic (exact) mass is 377 g/mol. The predicted octanol–water partition coefficient (Wildman–Crippen LogP) is 0.560. The molecule has 2 aromatic heterocycles. The Kier molecular flexibility index (Phi) is 5.52. The summed E-state index contributed by atoms with van der Waals surface area (Å²) < 4.78 is 17.0. The quantitative estimate of drug-likeness (QED) is 0.793. The Morgan fingerprint density at radius 1 is 1.33 bits per heavy atom. The minimum atomic E-state index is -1.08. The van der Waals surface area contributed by atoms with Crippen LogP contribution in [-0.2, 0) is 17.9 Å². The lowest BCUT2D eigenvalue weighted by Gasteiger charge is -2.24. The number of likely N-dealkylation sites (tertiary alicyclic amines) is 1. The van der Waals surface area contributed by atoms with Crippen molar-refractivity contribution in [1.29, 1.82) is 0 Å². The van der Waals surface area contributed by atoms with Gasteiger partial charge < -0.3 is 10.2 Å². The van der Waals surface area contributed by atoms with Crippen LogP contribution in [0.2, 0.25) is 0 Å². The average molecular weight is 377 g/mol. The summed E-state index contributed by atoms with van der Waals surface area (Å²) in [6.45, 7) is 6.00. The number of hydrogen-bond donors (Lipinski definition) is 1. The normalized spacial score (nSPS) is 19.7. The zero-order valence-electron chi connectivity index (χ0n) is 15.7. The van der Waals surface area contributed by atoms with Gasteiger partial charge >= 0.3 is 0 Å². The molecule has 0 bridgehead atoms. The van der Waals surface area contributed by atoms with Gasteiger partial charge in [-0.1, -0.05) is 5.21 Å². The summed E-state index contributed by atoms with van der Waals surface area (Å²) in [6, 6.07) is -0.351. The summed E-state index contributed by atoms with van der Waals surface area (Å²) in [4.78, 5) is 26.1. The Morgan fingerprint density at radius 3 is 2.78 bits per heavy atom. The maximum Gasteiger partial charge on any atom is 0.273 e. The highest BCUT2D eigenvalue weighted by Crippen LogP contribution is 2.22. The first-order valence-electron chi connectivity index (χ1n) is 8.95. The molecule has 27 heavy (non-hydrogen) atoms. The molecule has 1 fully saturated rings. The van der Waals surface area contributed by atoms with Crippen LogP contribution in [-0.4, -0.2) is 66.3 Å². The van der Waals surface area contributed by atoms with Gasteiger partial charge in [0.25, 0.3) is 5.91 Å². The van der Waals surface area contributed by atoms with E-state index in [-0.39, 0.29) is 55.6 Å². The van der Waals surface area contributed by atoms with E-state index in [9.17, 15) is 14.0 Å². The first kappa shape index (κ1) is 19.0. The van der Waals surface area contributed by atoms with E-state index in [1.54, 1.807) is 17.1 Å². The molecule has 1 aliphatic rings. The molecule has 0 saturated carbocycles. The second-order valence-corrected chi connectivity index (χ2v) is 7.20. The second kappa shape index (κ2) is 7.85. The van der Waals surface area contributed by atoms with Gasteiger partial charge in [-0.3, -0.25) is 14.3 Å². The maximum atomic E-state index is 14.0. The lowest BCUT2D eigenvalue weighted by molar-refractivity contribution is -0.133. The summed E-state index contributed by atoms with van der Waals surface area (Å²) >= 11 is 0. The van der Waals surface area contributed by atoms with E-state index >= 15 is 0 Å². The van der Waals surface area contributed by atoms with Crippen molar-refractivity contribution in [2.75, 3.05) is 6.54 Å². The van der Waals surface area contributed by atoms with Crippen LogP contribution in [0.25, 0.3) is 0 Å². The number of halogens is 1. The highest BCUT2D eigenvalue weighted by molar-refractivity contribution is 5.91. The van der Waals surface area contributed by atoms with Gasteiger partial charge in [0.05, 0.1) is 31.5 Å². The molecule has 10 heteroatoms. The number of aryl methyl sites for hydroxylation is 1. The van der Waals surface area contributed by atoms with Crippen molar-refractivity contribution in [2.24, 2.45) is 0 Å². The zero-order chi connectivity index (χ0) is 19.6. The van der Waals surface area contributed by atoms with Gasteiger partial charge in [-0.15, -0.1) is 5.10 Å². The lowest BCUT2D eigenvalue weighted by atomic mass is 10.2. The topological polar surface area (TPSA) is 97.9 Å². The highest BCUT2D eigenvalue weighted by Gasteiger charge is 2.35. The van der Waals surface area contributed by atoms with Crippen LogP contribution in [0, 0.1) is 6.92 Å². The van der Waals surface area contributed by atoms with E-state index in [1.807, 2.05) is 20.8 Å². The molecular formula is C17H24FN7O2. The smallest absolute Gasteiger partial charge is 0.273 e. The molecule has 0 unspecified atom stereocenters. The van der Waals surface area contributed by atoms with Crippen molar-refractivity contribution >= 4 is 11.8 Å². The van der Waals surface area contributed by atoms with E-state index in [0.717, 1.165) is 5.56 Å². The van der Waals surface area contributed by atoms with Crippen LogP contribution in [0.3, 0.4) is 0 Å².